The van der Waals surface area contributed by atoms with Gasteiger partial charge >= 0.3 is 0 Å². The van der Waals surface area contributed by atoms with Crippen LogP contribution in [-0.2, 0) is 4.79 Å². The number of carbonyl (C=O) groups excluding carboxylic acids is 1. The summed E-state index contributed by atoms with van der Waals surface area (Å²) in [4.78, 5) is 12.1. The topological polar surface area (TPSA) is 99.9 Å². The molecule has 0 aliphatic heterocycles. The number of methoxy groups -OCH3 is 1. The van der Waals surface area contributed by atoms with Crippen molar-refractivity contribution in [3.8, 4) is 28.8 Å². The van der Waals surface area contributed by atoms with Gasteiger partial charge in [-0.2, -0.15) is 4.52 Å². The van der Waals surface area contributed by atoms with Crippen LogP contribution in [-0.4, -0.2) is 52.6 Å². The molecule has 0 unspecified atom stereocenters. The minimum Gasteiger partial charge on any atom is -0.497 e. The largest absolute Gasteiger partial charge is 0.497 e. The number of hydrogen-bond donors (Lipinski definition) is 1. The SMILES string of the molecule is COc1ccc(-c2nnc3ccc(OCCNC(=O)COc4cc(C)ccc4C)nn23)cc1. The van der Waals surface area contributed by atoms with Gasteiger partial charge in [0.2, 0.25) is 5.88 Å². The molecule has 0 saturated heterocycles. The Hall–Kier alpha value is -4.14. The highest BCUT2D eigenvalue weighted by atomic mass is 16.5. The standard InChI is InChI=1S/C24H25N5O4/c1-16-4-5-17(2)20(14-16)33-15-22(30)25-12-13-32-23-11-10-21-26-27-24(29(21)28-23)18-6-8-19(31-3)9-7-18/h4-11,14H,12-13,15H2,1-3H3,(H,25,30). The maximum Gasteiger partial charge on any atom is 0.258 e. The maximum atomic E-state index is 12.1. The molecule has 0 radical (unpaired) electrons. The van der Waals surface area contributed by atoms with Gasteiger partial charge in [0.1, 0.15) is 18.1 Å². The lowest BCUT2D eigenvalue weighted by molar-refractivity contribution is -0.123. The van der Waals surface area contributed by atoms with Crippen molar-refractivity contribution < 1.29 is 19.0 Å². The summed E-state index contributed by atoms with van der Waals surface area (Å²) in [6.45, 7) is 4.45. The first-order valence-corrected chi connectivity index (χ1v) is 10.5. The van der Waals surface area contributed by atoms with Crippen LogP contribution in [0.15, 0.2) is 54.6 Å². The van der Waals surface area contributed by atoms with Crippen molar-refractivity contribution in [3.05, 3.63) is 65.7 Å². The second-order valence-electron chi connectivity index (χ2n) is 7.45. The molecular weight excluding hydrogens is 422 g/mol. The first kappa shape index (κ1) is 22.1. The van der Waals surface area contributed by atoms with Crippen LogP contribution in [0.25, 0.3) is 17.0 Å². The van der Waals surface area contributed by atoms with E-state index in [2.05, 4.69) is 20.6 Å². The zero-order chi connectivity index (χ0) is 23.2. The number of carbonyl (C=O) groups is 1. The van der Waals surface area contributed by atoms with Gasteiger partial charge in [0.05, 0.1) is 13.7 Å². The number of benzene rings is 2. The summed E-state index contributed by atoms with van der Waals surface area (Å²) in [6, 6.07) is 16.9. The highest BCUT2D eigenvalue weighted by Gasteiger charge is 2.11. The Morgan fingerprint density at radius 2 is 1.82 bits per heavy atom. The van der Waals surface area contributed by atoms with Crippen molar-refractivity contribution in [1.29, 1.82) is 0 Å². The molecule has 0 bridgehead atoms. The zero-order valence-corrected chi connectivity index (χ0v) is 18.7. The number of nitrogens with zero attached hydrogens (tertiary/aromatic N) is 4. The molecular formula is C24H25N5O4. The van der Waals surface area contributed by atoms with Crippen LogP contribution in [0.3, 0.4) is 0 Å². The number of fused-ring (bicyclic) bond motifs is 1. The van der Waals surface area contributed by atoms with Gasteiger partial charge in [0.25, 0.3) is 5.91 Å². The van der Waals surface area contributed by atoms with E-state index in [4.69, 9.17) is 14.2 Å². The lowest BCUT2D eigenvalue weighted by Crippen LogP contribution is -2.32. The van der Waals surface area contributed by atoms with Gasteiger partial charge in [-0.3, -0.25) is 4.79 Å². The molecule has 0 spiro atoms. The van der Waals surface area contributed by atoms with E-state index in [0.29, 0.717) is 29.6 Å². The lowest BCUT2D eigenvalue weighted by Gasteiger charge is -2.11. The average Bonchev–Trinajstić information content (AvgIpc) is 3.26. The second-order valence-corrected chi connectivity index (χ2v) is 7.45. The van der Waals surface area contributed by atoms with E-state index in [9.17, 15) is 4.79 Å². The third-order valence-electron chi connectivity index (χ3n) is 4.96. The molecule has 170 valence electrons. The first-order valence-electron chi connectivity index (χ1n) is 10.5. The van der Waals surface area contributed by atoms with Gasteiger partial charge in [-0.15, -0.1) is 15.3 Å². The summed E-state index contributed by atoms with van der Waals surface area (Å²) in [5.74, 6) is 2.24. The molecule has 4 aromatic rings. The Morgan fingerprint density at radius 1 is 1.00 bits per heavy atom. The van der Waals surface area contributed by atoms with Crippen molar-refractivity contribution in [2.24, 2.45) is 0 Å². The fourth-order valence-electron chi connectivity index (χ4n) is 3.17. The number of aromatic nitrogens is 4. The van der Waals surface area contributed by atoms with Gasteiger partial charge in [-0.05, 0) is 61.4 Å². The van der Waals surface area contributed by atoms with Crippen molar-refractivity contribution in [1.82, 2.24) is 25.1 Å². The number of rotatable bonds is 9. The number of hydrogen-bond acceptors (Lipinski definition) is 7. The van der Waals surface area contributed by atoms with E-state index < -0.39 is 0 Å². The molecule has 9 heteroatoms. The van der Waals surface area contributed by atoms with Gasteiger partial charge in [0.15, 0.2) is 18.1 Å². The quantitative estimate of drug-likeness (QED) is 0.394. The molecule has 0 fully saturated rings. The minimum absolute atomic E-state index is 0.0551. The van der Waals surface area contributed by atoms with Crippen LogP contribution in [0.2, 0.25) is 0 Å². The van der Waals surface area contributed by atoms with Crippen molar-refractivity contribution in [2.75, 3.05) is 26.9 Å². The van der Waals surface area contributed by atoms with E-state index in [-0.39, 0.29) is 19.1 Å². The summed E-state index contributed by atoms with van der Waals surface area (Å²) in [5, 5.41) is 15.6. The Bertz CT molecular complexity index is 1250. The number of aryl methyl sites for hydroxylation is 2. The van der Waals surface area contributed by atoms with E-state index in [1.54, 1.807) is 23.8 Å². The van der Waals surface area contributed by atoms with Crippen LogP contribution < -0.4 is 19.5 Å². The van der Waals surface area contributed by atoms with E-state index in [1.807, 2.05) is 56.3 Å². The molecule has 9 nitrogen and oxygen atoms in total. The Balaban J connectivity index is 1.30. The number of amides is 1. The molecule has 2 heterocycles. The molecule has 1 N–H and O–H groups in total. The van der Waals surface area contributed by atoms with Gasteiger partial charge in [0, 0.05) is 11.6 Å². The highest BCUT2D eigenvalue weighted by molar-refractivity contribution is 5.77. The monoisotopic (exact) mass is 447 g/mol. The van der Waals surface area contributed by atoms with E-state index >= 15 is 0 Å². The van der Waals surface area contributed by atoms with Crippen LogP contribution in [0.5, 0.6) is 17.4 Å². The molecule has 0 aliphatic rings. The summed E-state index contributed by atoms with van der Waals surface area (Å²) in [6.07, 6.45) is 0. The normalized spacial score (nSPS) is 10.8. The third kappa shape index (κ3) is 5.38. The molecule has 1 amide bonds. The fraction of sp³-hybridized carbons (Fsp3) is 0.250. The summed E-state index contributed by atoms with van der Waals surface area (Å²) in [7, 11) is 1.62. The van der Waals surface area contributed by atoms with Crippen LogP contribution in [0, 0.1) is 13.8 Å². The number of ether oxygens (including phenoxy) is 3. The Kier molecular flexibility index (Phi) is 6.68. The molecule has 0 saturated carbocycles. The average molecular weight is 447 g/mol. The molecule has 2 aromatic carbocycles. The minimum atomic E-state index is -0.219. The Morgan fingerprint density at radius 3 is 2.61 bits per heavy atom. The van der Waals surface area contributed by atoms with Crippen LogP contribution in [0.4, 0.5) is 0 Å². The Labute approximate surface area is 191 Å². The van der Waals surface area contributed by atoms with Gasteiger partial charge in [-0.25, -0.2) is 0 Å². The van der Waals surface area contributed by atoms with Crippen LogP contribution in [0.1, 0.15) is 11.1 Å². The summed E-state index contributed by atoms with van der Waals surface area (Å²) in [5.41, 5.74) is 3.52. The molecule has 4 rings (SSSR count). The predicted octanol–water partition coefficient (Wildman–Crippen LogP) is 2.99. The molecule has 33 heavy (non-hydrogen) atoms. The molecule has 2 aromatic heterocycles. The van der Waals surface area contributed by atoms with Gasteiger partial charge in [-0.1, -0.05) is 12.1 Å². The van der Waals surface area contributed by atoms with Crippen molar-refractivity contribution >= 4 is 11.6 Å². The zero-order valence-electron chi connectivity index (χ0n) is 18.7. The fourth-order valence-corrected chi connectivity index (χ4v) is 3.17. The van der Waals surface area contributed by atoms with Crippen molar-refractivity contribution in [2.45, 2.75) is 13.8 Å². The van der Waals surface area contributed by atoms with Crippen LogP contribution >= 0.6 is 0 Å². The lowest BCUT2D eigenvalue weighted by atomic mass is 10.1. The van der Waals surface area contributed by atoms with E-state index in [0.717, 1.165) is 22.4 Å². The predicted molar refractivity (Wildman–Crippen MR) is 123 cm³/mol. The first-order chi connectivity index (χ1) is 16.0. The maximum absolute atomic E-state index is 12.1. The molecule has 0 atom stereocenters. The van der Waals surface area contributed by atoms with Crippen molar-refractivity contribution in [3.63, 3.8) is 0 Å². The third-order valence-corrected chi connectivity index (χ3v) is 4.96. The number of nitrogens with one attached hydrogen (secondary N) is 1. The second kappa shape index (κ2) is 9.99. The summed E-state index contributed by atoms with van der Waals surface area (Å²) >= 11 is 0. The van der Waals surface area contributed by atoms with Gasteiger partial charge < -0.3 is 19.5 Å². The highest BCUT2D eigenvalue weighted by Crippen LogP contribution is 2.22. The molecule has 0 aliphatic carbocycles. The smallest absolute Gasteiger partial charge is 0.258 e. The summed E-state index contributed by atoms with van der Waals surface area (Å²) < 4.78 is 18.1. The van der Waals surface area contributed by atoms with E-state index in [1.165, 1.54) is 0 Å².